The molecule has 2 aromatic heterocycles. The third kappa shape index (κ3) is 4.86. The van der Waals surface area contributed by atoms with Gasteiger partial charge in [-0.25, -0.2) is 15.0 Å². The highest BCUT2D eigenvalue weighted by Gasteiger charge is 2.17. The number of nitrogens with zero attached hydrogens (tertiary/aromatic N) is 3. The lowest BCUT2D eigenvalue weighted by Gasteiger charge is -2.13. The minimum absolute atomic E-state index is 0.192. The standard InChI is InChI=1S/C24H19ClN4O4/c1-15-5-4-6-17(11-15)33-14-22(30)28-27-13-20-18-7-2-3-8-19(18)23(31)29(24(20)32)21-10-9-16(25)12-26-21/h2-13,32H,14H2,1H3,(H,28,30)/b27-13+. The van der Waals surface area contributed by atoms with Crippen molar-refractivity contribution in [2.75, 3.05) is 6.61 Å². The van der Waals surface area contributed by atoms with Crippen molar-refractivity contribution in [1.82, 2.24) is 15.0 Å². The number of aryl methyl sites for hydroxylation is 1. The van der Waals surface area contributed by atoms with Gasteiger partial charge < -0.3 is 9.84 Å². The molecular weight excluding hydrogens is 444 g/mol. The summed E-state index contributed by atoms with van der Waals surface area (Å²) in [6, 6.07) is 17.2. The lowest BCUT2D eigenvalue weighted by molar-refractivity contribution is -0.123. The quantitative estimate of drug-likeness (QED) is 0.336. The number of rotatable bonds is 6. The number of hydrogen-bond donors (Lipinski definition) is 2. The van der Waals surface area contributed by atoms with Gasteiger partial charge in [0.2, 0.25) is 5.88 Å². The predicted molar refractivity (Wildman–Crippen MR) is 126 cm³/mol. The van der Waals surface area contributed by atoms with Crippen LogP contribution in [-0.4, -0.2) is 33.4 Å². The van der Waals surface area contributed by atoms with E-state index in [9.17, 15) is 14.7 Å². The van der Waals surface area contributed by atoms with E-state index in [0.29, 0.717) is 21.5 Å². The van der Waals surface area contributed by atoms with Crippen LogP contribution < -0.4 is 15.7 Å². The highest BCUT2D eigenvalue weighted by atomic mass is 35.5. The van der Waals surface area contributed by atoms with Gasteiger partial charge in [-0.05, 0) is 42.8 Å². The number of benzene rings is 2. The molecule has 2 N–H and O–H groups in total. The molecule has 0 saturated carbocycles. The number of nitrogens with one attached hydrogen (secondary N) is 1. The van der Waals surface area contributed by atoms with E-state index in [1.54, 1.807) is 36.4 Å². The molecule has 0 unspecified atom stereocenters. The summed E-state index contributed by atoms with van der Waals surface area (Å²) in [5, 5.41) is 16.0. The fraction of sp³-hybridized carbons (Fsp3) is 0.0833. The Morgan fingerprint density at radius 1 is 1.18 bits per heavy atom. The fourth-order valence-electron chi connectivity index (χ4n) is 3.26. The van der Waals surface area contributed by atoms with Crippen LogP contribution >= 0.6 is 11.6 Å². The maximum absolute atomic E-state index is 13.0. The molecule has 0 saturated heterocycles. The molecule has 33 heavy (non-hydrogen) atoms. The Morgan fingerprint density at radius 3 is 2.70 bits per heavy atom. The first kappa shape index (κ1) is 22.0. The molecule has 2 heterocycles. The Kier molecular flexibility index (Phi) is 6.37. The summed E-state index contributed by atoms with van der Waals surface area (Å²) < 4.78 is 6.51. The number of ether oxygens (including phenoxy) is 1. The minimum Gasteiger partial charge on any atom is -0.494 e. The average molecular weight is 463 g/mol. The van der Waals surface area contributed by atoms with E-state index in [1.807, 2.05) is 25.1 Å². The number of amides is 1. The number of aromatic nitrogens is 2. The second-order valence-electron chi connectivity index (χ2n) is 7.16. The minimum atomic E-state index is -0.482. The summed E-state index contributed by atoms with van der Waals surface area (Å²) in [5.41, 5.74) is 3.16. The number of pyridine rings is 2. The van der Waals surface area contributed by atoms with Crippen molar-refractivity contribution in [3.05, 3.63) is 93.4 Å². The van der Waals surface area contributed by atoms with Crippen LogP contribution in [0.1, 0.15) is 11.1 Å². The molecule has 2 aromatic carbocycles. The molecule has 0 bridgehead atoms. The predicted octanol–water partition coefficient (Wildman–Crippen LogP) is 3.58. The zero-order chi connectivity index (χ0) is 23.4. The molecule has 0 spiro atoms. The van der Waals surface area contributed by atoms with Crippen LogP contribution in [-0.2, 0) is 4.79 Å². The number of fused-ring (bicyclic) bond motifs is 1. The van der Waals surface area contributed by atoms with Crippen LogP contribution in [0.2, 0.25) is 5.02 Å². The number of halogens is 1. The van der Waals surface area contributed by atoms with E-state index in [2.05, 4.69) is 15.5 Å². The summed E-state index contributed by atoms with van der Waals surface area (Å²) in [6.07, 6.45) is 2.65. The van der Waals surface area contributed by atoms with Crippen molar-refractivity contribution in [3.63, 3.8) is 0 Å². The molecule has 166 valence electrons. The molecule has 0 radical (unpaired) electrons. The average Bonchev–Trinajstić information content (AvgIpc) is 2.81. The van der Waals surface area contributed by atoms with Crippen LogP contribution in [0.4, 0.5) is 0 Å². The van der Waals surface area contributed by atoms with Gasteiger partial charge in [-0.3, -0.25) is 9.59 Å². The van der Waals surface area contributed by atoms with Crippen molar-refractivity contribution in [2.24, 2.45) is 5.10 Å². The monoisotopic (exact) mass is 462 g/mol. The SMILES string of the molecule is Cc1cccc(OCC(=O)N/N=C/c2c(O)n(-c3ccc(Cl)cn3)c(=O)c3ccccc23)c1. The van der Waals surface area contributed by atoms with Gasteiger partial charge in [0, 0.05) is 17.0 Å². The molecule has 9 heteroatoms. The molecule has 1 amide bonds. The van der Waals surface area contributed by atoms with E-state index < -0.39 is 11.5 Å². The Labute approximate surface area is 193 Å². The molecule has 0 aliphatic heterocycles. The lowest BCUT2D eigenvalue weighted by atomic mass is 10.1. The molecule has 0 aliphatic rings. The first-order chi connectivity index (χ1) is 15.9. The first-order valence-corrected chi connectivity index (χ1v) is 10.3. The Bertz CT molecular complexity index is 1410. The van der Waals surface area contributed by atoms with Gasteiger partial charge in [-0.15, -0.1) is 0 Å². The van der Waals surface area contributed by atoms with Crippen LogP contribution in [0.25, 0.3) is 16.6 Å². The summed E-state index contributed by atoms with van der Waals surface area (Å²) in [5.74, 6) is -0.0926. The van der Waals surface area contributed by atoms with E-state index >= 15 is 0 Å². The van der Waals surface area contributed by atoms with E-state index in [0.717, 1.165) is 10.1 Å². The maximum Gasteiger partial charge on any atom is 0.277 e. The highest BCUT2D eigenvalue weighted by Crippen LogP contribution is 2.25. The molecule has 0 aliphatic carbocycles. The summed E-state index contributed by atoms with van der Waals surface area (Å²) in [7, 11) is 0. The van der Waals surface area contributed by atoms with Crippen molar-refractivity contribution in [1.29, 1.82) is 0 Å². The normalized spacial score (nSPS) is 11.1. The van der Waals surface area contributed by atoms with Gasteiger partial charge in [0.1, 0.15) is 11.6 Å². The van der Waals surface area contributed by atoms with Crippen molar-refractivity contribution >= 4 is 34.5 Å². The van der Waals surface area contributed by atoms with Gasteiger partial charge in [0.25, 0.3) is 11.5 Å². The summed E-state index contributed by atoms with van der Waals surface area (Å²) >= 11 is 5.89. The highest BCUT2D eigenvalue weighted by molar-refractivity contribution is 6.30. The second-order valence-corrected chi connectivity index (χ2v) is 7.59. The topological polar surface area (TPSA) is 106 Å². The Morgan fingerprint density at radius 2 is 1.97 bits per heavy atom. The van der Waals surface area contributed by atoms with Gasteiger partial charge in [-0.1, -0.05) is 41.9 Å². The number of carbonyl (C=O) groups is 1. The zero-order valence-corrected chi connectivity index (χ0v) is 18.3. The first-order valence-electron chi connectivity index (χ1n) is 9.94. The van der Waals surface area contributed by atoms with Crippen molar-refractivity contribution < 1.29 is 14.6 Å². The molecule has 4 aromatic rings. The summed E-state index contributed by atoms with van der Waals surface area (Å²) in [4.78, 5) is 29.3. The van der Waals surface area contributed by atoms with Gasteiger partial charge in [-0.2, -0.15) is 5.10 Å². The summed E-state index contributed by atoms with van der Waals surface area (Å²) in [6.45, 7) is 1.69. The molecular formula is C24H19ClN4O4. The molecule has 8 nitrogen and oxygen atoms in total. The number of hydrazone groups is 1. The fourth-order valence-corrected chi connectivity index (χ4v) is 3.37. The lowest BCUT2D eigenvalue weighted by Crippen LogP contribution is -2.25. The maximum atomic E-state index is 13.0. The van der Waals surface area contributed by atoms with Gasteiger partial charge >= 0.3 is 0 Å². The zero-order valence-electron chi connectivity index (χ0n) is 17.5. The molecule has 0 fully saturated rings. The van der Waals surface area contributed by atoms with E-state index in [4.69, 9.17) is 16.3 Å². The number of hydrogen-bond acceptors (Lipinski definition) is 6. The van der Waals surface area contributed by atoms with Crippen molar-refractivity contribution in [2.45, 2.75) is 6.92 Å². The van der Waals surface area contributed by atoms with Gasteiger partial charge in [0.15, 0.2) is 6.61 Å². The third-order valence-electron chi connectivity index (χ3n) is 4.79. The number of carbonyl (C=O) groups excluding carboxylic acids is 1. The van der Waals surface area contributed by atoms with Crippen LogP contribution in [0, 0.1) is 6.92 Å². The van der Waals surface area contributed by atoms with Crippen LogP contribution in [0.5, 0.6) is 11.6 Å². The van der Waals surface area contributed by atoms with E-state index in [-0.39, 0.29) is 23.9 Å². The Hall–Kier alpha value is -4.17. The molecule has 0 atom stereocenters. The Balaban J connectivity index is 1.61. The number of aromatic hydroxyl groups is 1. The largest absolute Gasteiger partial charge is 0.494 e. The van der Waals surface area contributed by atoms with Crippen LogP contribution in [0.15, 0.2) is 76.8 Å². The third-order valence-corrected chi connectivity index (χ3v) is 5.01. The van der Waals surface area contributed by atoms with Gasteiger partial charge in [0.05, 0.1) is 16.8 Å². The molecule has 4 rings (SSSR count). The smallest absolute Gasteiger partial charge is 0.277 e. The van der Waals surface area contributed by atoms with Crippen molar-refractivity contribution in [3.8, 4) is 17.4 Å². The second kappa shape index (κ2) is 9.54. The van der Waals surface area contributed by atoms with Crippen LogP contribution in [0.3, 0.4) is 0 Å². The van der Waals surface area contributed by atoms with E-state index in [1.165, 1.54) is 18.5 Å².